The highest BCUT2D eigenvalue weighted by molar-refractivity contribution is 7.92. The fourth-order valence-corrected chi connectivity index (χ4v) is 2.64. The Bertz CT molecular complexity index is 588. The van der Waals surface area contributed by atoms with Crippen molar-refractivity contribution in [2.24, 2.45) is 0 Å². The predicted octanol–water partition coefficient (Wildman–Crippen LogP) is 1.71. The summed E-state index contributed by atoms with van der Waals surface area (Å²) in [7, 11) is -3.42. The van der Waals surface area contributed by atoms with Gasteiger partial charge in [-0.05, 0) is 24.6 Å². The molecule has 6 heteroatoms. The van der Waals surface area contributed by atoms with Gasteiger partial charge >= 0.3 is 0 Å². The second-order valence-electron chi connectivity index (χ2n) is 3.93. The van der Waals surface area contributed by atoms with Gasteiger partial charge in [0.2, 0.25) is 10.0 Å². The van der Waals surface area contributed by atoms with E-state index in [9.17, 15) is 12.8 Å². The molecule has 1 aromatic rings. The number of rotatable bonds is 5. The molecule has 0 saturated carbocycles. The average Bonchev–Trinajstić information content (AvgIpc) is 2.37. The van der Waals surface area contributed by atoms with E-state index < -0.39 is 15.8 Å². The summed E-state index contributed by atoms with van der Waals surface area (Å²) in [6, 6.07) is 3.78. The van der Waals surface area contributed by atoms with Crippen molar-refractivity contribution in [2.45, 2.75) is 19.8 Å². The van der Waals surface area contributed by atoms with Gasteiger partial charge in [0, 0.05) is 5.69 Å². The van der Waals surface area contributed by atoms with Crippen molar-refractivity contribution in [2.75, 3.05) is 17.1 Å². The van der Waals surface area contributed by atoms with Crippen LogP contribution in [0.3, 0.4) is 0 Å². The molecule has 0 aliphatic heterocycles. The fourth-order valence-electron chi connectivity index (χ4n) is 1.38. The molecule has 0 aliphatic rings. The van der Waals surface area contributed by atoms with Crippen molar-refractivity contribution in [1.29, 1.82) is 0 Å². The quantitative estimate of drug-likeness (QED) is 0.809. The zero-order chi connectivity index (χ0) is 14.3. The first-order valence-electron chi connectivity index (χ1n) is 5.88. The third-order valence-electron chi connectivity index (χ3n) is 2.31. The average molecular weight is 285 g/mol. The van der Waals surface area contributed by atoms with Gasteiger partial charge in [0.1, 0.15) is 12.4 Å². The first kappa shape index (κ1) is 15.5. The van der Waals surface area contributed by atoms with Gasteiger partial charge < -0.3 is 5.11 Å². The molecule has 0 unspecified atom stereocenters. The number of halogens is 1. The largest absolute Gasteiger partial charge is 0.384 e. The van der Waals surface area contributed by atoms with Gasteiger partial charge in [-0.1, -0.05) is 25.2 Å². The molecular formula is C13H16FNO3S. The van der Waals surface area contributed by atoms with Gasteiger partial charge in [-0.15, -0.1) is 0 Å². The van der Waals surface area contributed by atoms with Gasteiger partial charge in [0.05, 0.1) is 11.3 Å². The molecule has 0 amide bonds. The van der Waals surface area contributed by atoms with Crippen LogP contribution in [-0.4, -0.2) is 25.9 Å². The minimum atomic E-state index is -3.42. The van der Waals surface area contributed by atoms with E-state index in [1.54, 1.807) is 0 Å². The first-order valence-corrected chi connectivity index (χ1v) is 7.53. The van der Waals surface area contributed by atoms with Gasteiger partial charge in [-0.25, -0.2) is 12.8 Å². The molecule has 0 heterocycles. The van der Waals surface area contributed by atoms with E-state index >= 15 is 0 Å². The Kier molecular flexibility index (Phi) is 5.80. The summed E-state index contributed by atoms with van der Waals surface area (Å²) >= 11 is 0. The molecular weight excluding hydrogens is 269 g/mol. The number of aliphatic hydroxyl groups excluding tert-OH is 1. The number of nitrogens with one attached hydrogen (secondary N) is 1. The van der Waals surface area contributed by atoms with E-state index in [-0.39, 0.29) is 23.6 Å². The summed E-state index contributed by atoms with van der Waals surface area (Å²) < 4.78 is 39.1. The lowest BCUT2D eigenvalue weighted by molar-refractivity contribution is 0.350. The summed E-state index contributed by atoms with van der Waals surface area (Å²) in [6.07, 6.45) is 1.34. The number of benzene rings is 1. The Morgan fingerprint density at radius 2 is 2.16 bits per heavy atom. The third-order valence-corrected chi connectivity index (χ3v) is 3.68. The van der Waals surface area contributed by atoms with Gasteiger partial charge in [0.25, 0.3) is 0 Å². The Hall–Kier alpha value is -1.58. The Morgan fingerprint density at radius 3 is 2.79 bits per heavy atom. The molecule has 0 fully saturated rings. The van der Waals surface area contributed by atoms with Gasteiger partial charge in [0.15, 0.2) is 0 Å². The standard InChI is InChI=1S/C13H16FNO3S/c1-2-3-9-19(17,18)15-12-6-7-13(14)11(10-12)5-4-8-16/h6-7,10,15-16H,2-3,8-9H2,1H3. The van der Waals surface area contributed by atoms with Crippen molar-refractivity contribution >= 4 is 15.7 Å². The summed E-state index contributed by atoms with van der Waals surface area (Å²) in [4.78, 5) is 0. The van der Waals surface area contributed by atoms with E-state index in [0.717, 1.165) is 12.5 Å². The van der Waals surface area contributed by atoms with Crippen molar-refractivity contribution in [3.8, 4) is 11.8 Å². The second-order valence-corrected chi connectivity index (χ2v) is 5.77. The van der Waals surface area contributed by atoms with Crippen molar-refractivity contribution in [3.05, 3.63) is 29.6 Å². The van der Waals surface area contributed by atoms with Crippen molar-refractivity contribution in [3.63, 3.8) is 0 Å². The van der Waals surface area contributed by atoms with E-state index in [1.165, 1.54) is 12.1 Å². The van der Waals surface area contributed by atoms with Crippen LogP contribution in [0, 0.1) is 17.7 Å². The number of sulfonamides is 1. The van der Waals surface area contributed by atoms with Crippen LogP contribution in [0.1, 0.15) is 25.3 Å². The van der Waals surface area contributed by atoms with Gasteiger partial charge in [-0.2, -0.15) is 0 Å². The first-order chi connectivity index (χ1) is 8.98. The molecule has 0 radical (unpaired) electrons. The molecule has 0 atom stereocenters. The Labute approximate surface area is 112 Å². The number of unbranched alkanes of at least 4 members (excludes halogenated alkanes) is 1. The van der Waals surface area contributed by atoms with Crippen LogP contribution in [0.5, 0.6) is 0 Å². The lowest BCUT2D eigenvalue weighted by atomic mass is 10.2. The van der Waals surface area contributed by atoms with Crippen LogP contribution < -0.4 is 4.72 Å². The smallest absolute Gasteiger partial charge is 0.232 e. The molecule has 2 N–H and O–H groups in total. The van der Waals surface area contributed by atoms with Crippen LogP contribution >= 0.6 is 0 Å². The molecule has 0 spiro atoms. The molecule has 19 heavy (non-hydrogen) atoms. The van der Waals surface area contributed by atoms with E-state index in [2.05, 4.69) is 16.6 Å². The van der Waals surface area contributed by atoms with E-state index in [1.807, 2.05) is 6.92 Å². The highest BCUT2D eigenvalue weighted by Gasteiger charge is 2.10. The Morgan fingerprint density at radius 1 is 1.42 bits per heavy atom. The van der Waals surface area contributed by atoms with Crippen LogP contribution in [0.4, 0.5) is 10.1 Å². The summed E-state index contributed by atoms with van der Waals surface area (Å²) in [5.74, 6) is 4.21. The third kappa shape index (κ3) is 5.28. The lowest BCUT2D eigenvalue weighted by Crippen LogP contribution is -2.16. The topological polar surface area (TPSA) is 66.4 Å². The molecule has 0 bridgehead atoms. The second kappa shape index (κ2) is 7.12. The minimum absolute atomic E-state index is 0.0263. The molecule has 0 saturated heterocycles. The molecule has 1 aromatic carbocycles. The zero-order valence-electron chi connectivity index (χ0n) is 10.6. The summed E-state index contributed by atoms with van der Waals surface area (Å²) in [5.41, 5.74) is 0.310. The number of anilines is 1. The number of aliphatic hydroxyl groups is 1. The molecule has 1 rings (SSSR count). The highest BCUT2D eigenvalue weighted by Crippen LogP contribution is 2.15. The molecule has 0 aliphatic carbocycles. The Balaban J connectivity index is 2.91. The van der Waals surface area contributed by atoms with E-state index in [4.69, 9.17) is 5.11 Å². The van der Waals surface area contributed by atoms with Crippen LogP contribution in [-0.2, 0) is 10.0 Å². The maximum absolute atomic E-state index is 13.4. The minimum Gasteiger partial charge on any atom is -0.384 e. The fraction of sp³-hybridized carbons (Fsp3) is 0.385. The molecule has 4 nitrogen and oxygen atoms in total. The summed E-state index contributed by atoms with van der Waals surface area (Å²) in [5, 5.41) is 8.56. The number of hydrogen-bond acceptors (Lipinski definition) is 3. The lowest BCUT2D eigenvalue weighted by Gasteiger charge is -2.08. The van der Waals surface area contributed by atoms with Crippen LogP contribution in [0.15, 0.2) is 18.2 Å². The maximum Gasteiger partial charge on any atom is 0.232 e. The van der Waals surface area contributed by atoms with Crippen LogP contribution in [0.2, 0.25) is 0 Å². The molecule has 104 valence electrons. The van der Waals surface area contributed by atoms with Crippen molar-refractivity contribution in [1.82, 2.24) is 0 Å². The zero-order valence-corrected chi connectivity index (χ0v) is 11.4. The highest BCUT2D eigenvalue weighted by atomic mass is 32.2. The maximum atomic E-state index is 13.4. The van der Waals surface area contributed by atoms with Crippen LogP contribution in [0.25, 0.3) is 0 Å². The molecule has 0 aromatic heterocycles. The monoisotopic (exact) mass is 285 g/mol. The van der Waals surface area contributed by atoms with Gasteiger partial charge in [-0.3, -0.25) is 4.72 Å². The van der Waals surface area contributed by atoms with E-state index in [0.29, 0.717) is 6.42 Å². The predicted molar refractivity (Wildman–Crippen MR) is 72.7 cm³/mol. The number of hydrogen-bond donors (Lipinski definition) is 2. The van der Waals surface area contributed by atoms with Crippen molar-refractivity contribution < 1.29 is 17.9 Å². The SMILES string of the molecule is CCCCS(=O)(=O)Nc1ccc(F)c(C#CCO)c1. The summed E-state index contributed by atoms with van der Waals surface area (Å²) in [6.45, 7) is 1.52. The normalized spacial score (nSPS) is 10.7.